The highest BCUT2D eigenvalue weighted by Crippen LogP contribution is 2.18. The normalized spacial score (nSPS) is 20.8. The summed E-state index contributed by atoms with van der Waals surface area (Å²) in [6.07, 6.45) is 0.605. The van der Waals surface area contributed by atoms with Crippen LogP contribution in [0.15, 0.2) is 24.3 Å². The fraction of sp³-hybridized carbons (Fsp3) is 0.400. The maximum absolute atomic E-state index is 12.2. The lowest BCUT2D eigenvalue weighted by molar-refractivity contribution is -0.126. The Morgan fingerprint density at radius 1 is 1.30 bits per heavy atom. The molecule has 2 heterocycles. The molecule has 0 aliphatic carbocycles. The average Bonchev–Trinajstić information content (AvgIpc) is 3.13. The van der Waals surface area contributed by atoms with E-state index in [-0.39, 0.29) is 30.6 Å². The molecule has 2 fully saturated rings. The summed E-state index contributed by atoms with van der Waals surface area (Å²) in [6, 6.07) is 6.42. The Hall–Kier alpha value is -2.28. The molecule has 0 aromatic heterocycles. The number of halogens is 1. The van der Waals surface area contributed by atoms with E-state index in [9.17, 15) is 14.4 Å². The molecule has 122 valence electrons. The summed E-state index contributed by atoms with van der Waals surface area (Å²) in [7, 11) is 0. The summed E-state index contributed by atoms with van der Waals surface area (Å²) < 4.78 is 0. The minimum atomic E-state index is -0.372. The summed E-state index contributed by atoms with van der Waals surface area (Å²) in [5, 5.41) is 5.98. The third-order valence-corrected chi connectivity index (χ3v) is 4.30. The van der Waals surface area contributed by atoms with Crippen molar-refractivity contribution in [2.75, 3.05) is 19.6 Å². The van der Waals surface area contributed by atoms with Crippen molar-refractivity contribution in [3.63, 3.8) is 0 Å². The molecule has 0 radical (unpaired) electrons. The van der Waals surface area contributed by atoms with E-state index >= 15 is 0 Å². The predicted octanol–water partition coefficient (Wildman–Crippen LogP) is 1.18. The monoisotopic (exact) mass is 336 g/mol. The zero-order valence-corrected chi connectivity index (χ0v) is 13.2. The van der Waals surface area contributed by atoms with Crippen molar-refractivity contribution < 1.29 is 14.4 Å². The van der Waals surface area contributed by atoms with Gasteiger partial charge in [0.05, 0.1) is 12.6 Å². The van der Waals surface area contributed by atoms with Gasteiger partial charge in [-0.3, -0.25) is 9.69 Å². The van der Waals surface area contributed by atoms with Crippen molar-refractivity contribution in [2.45, 2.75) is 19.0 Å². The van der Waals surface area contributed by atoms with Crippen LogP contribution < -0.4 is 10.6 Å². The second-order valence-electron chi connectivity index (χ2n) is 5.60. The van der Waals surface area contributed by atoms with Gasteiger partial charge in [-0.15, -0.1) is 0 Å². The molecule has 1 atom stereocenters. The molecule has 2 aliphatic heterocycles. The molecule has 1 aromatic rings. The van der Waals surface area contributed by atoms with Gasteiger partial charge in [-0.1, -0.05) is 23.7 Å². The highest BCUT2D eigenvalue weighted by molar-refractivity contribution is 6.30. The van der Waals surface area contributed by atoms with Crippen molar-refractivity contribution in [3.8, 4) is 0 Å². The van der Waals surface area contributed by atoms with E-state index in [0.29, 0.717) is 31.1 Å². The third kappa shape index (κ3) is 3.39. The van der Waals surface area contributed by atoms with Gasteiger partial charge >= 0.3 is 12.1 Å². The van der Waals surface area contributed by atoms with Crippen molar-refractivity contribution in [3.05, 3.63) is 34.9 Å². The molecular formula is C15H17ClN4O3. The highest BCUT2D eigenvalue weighted by atomic mass is 35.5. The SMILES string of the molecule is O=C(NCc1ccc(Cl)cc1)N1CCC(N2C(=O)CNC2=O)C1. The van der Waals surface area contributed by atoms with E-state index in [1.165, 1.54) is 4.90 Å². The topological polar surface area (TPSA) is 81.8 Å². The van der Waals surface area contributed by atoms with Crippen LogP contribution in [0, 0.1) is 0 Å². The van der Waals surface area contributed by atoms with E-state index in [0.717, 1.165) is 5.56 Å². The molecule has 1 unspecified atom stereocenters. The Morgan fingerprint density at radius 3 is 2.70 bits per heavy atom. The summed E-state index contributed by atoms with van der Waals surface area (Å²) >= 11 is 5.82. The van der Waals surface area contributed by atoms with E-state index in [4.69, 9.17) is 11.6 Å². The molecule has 2 aliphatic rings. The number of urea groups is 2. The standard InChI is InChI=1S/C15H17ClN4O3/c16-11-3-1-10(2-4-11)7-17-14(22)19-6-5-12(9-19)20-13(21)8-18-15(20)23/h1-4,12H,5-9H2,(H,17,22)(H,18,23). The van der Waals surface area contributed by atoms with Gasteiger partial charge in [-0.2, -0.15) is 0 Å². The number of carbonyl (C=O) groups is 3. The summed E-state index contributed by atoms with van der Waals surface area (Å²) in [5.74, 6) is -0.233. The maximum atomic E-state index is 12.2. The molecule has 8 heteroatoms. The second-order valence-corrected chi connectivity index (χ2v) is 6.03. The van der Waals surface area contributed by atoms with Crippen molar-refractivity contribution in [1.82, 2.24) is 20.4 Å². The number of likely N-dealkylation sites (tertiary alicyclic amines) is 1. The van der Waals surface area contributed by atoms with Gasteiger partial charge in [-0.05, 0) is 24.1 Å². The molecule has 0 saturated carbocycles. The zero-order chi connectivity index (χ0) is 16.4. The molecule has 0 bridgehead atoms. The molecule has 2 N–H and O–H groups in total. The van der Waals surface area contributed by atoms with Crippen molar-refractivity contribution in [1.29, 1.82) is 0 Å². The van der Waals surface area contributed by atoms with Gasteiger partial charge in [0.25, 0.3) is 0 Å². The number of rotatable bonds is 3. The van der Waals surface area contributed by atoms with Crippen LogP contribution >= 0.6 is 11.6 Å². The lowest BCUT2D eigenvalue weighted by Gasteiger charge is -2.21. The van der Waals surface area contributed by atoms with Crippen LogP contribution in [0.25, 0.3) is 0 Å². The first-order chi connectivity index (χ1) is 11.0. The quantitative estimate of drug-likeness (QED) is 0.813. The molecular weight excluding hydrogens is 320 g/mol. The minimum absolute atomic E-state index is 0.0398. The van der Waals surface area contributed by atoms with Gasteiger partial charge in [0.2, 0.25) is 5.91 Å². The van der Waals surface area contributed by atoms with E-state index in [2.05, 4.69) is 10.6 Å². The summed E-state index contributed by atoms with van der Waals surface area (Å²) in [5.41, 5.74) is 0.951. The first kappa shape index (κ1) is 15.6. The number of benzene rings is 1. The molecule has 2 saturated heterocycles. The Balaban J connectivity index is 1.52. The van der Waals surface area contributed by atoms with Crippen LogP contribution in [-0.2, 0) is 11.3 Å². The van der Waals surface area contributed by atoms with E-state index in [1.807, 2.05) is 12.1 Å². The van der Waals surface area contributed by atoms with Gasteiger partial charge in [0, 0.05) is 24.7 Å². The smallest absolute Gasteiger partial charge is 0.324 e. The van der Waals surface area contributed by atoms with Crippen LogP contribution in [0.3, 0.4) is 0 Å². The molecule has 5 amide bonds. The molecule has 3 rings (SSSR count). The third-order valence-electron chi connectivity index (χ3n) is 4.05. The predicted molar refractivity (Wildman–Crippen MR) is 83.9 cm³/mol. The first-order valence-electron chi connectivity index (χ1n) is 7.41. The summed E-state index contributed by atoms with van der Waals surface area (Å²) in [4.78, 5) is 38.4. The number of hydrogen-bond donors (Lipinski definition) is 2. The number of carbonyl (C=O) groups excluding carboxylic acids is 3. The Labute approximate surface area is 138 Å². The fourth-order valence-corrected chi connectivity index (χ4v) is 2.96. The lowest BCUT2D eigenvalue weighted by Crippen LogP contribution is -2.44. The number of nitrogens with one attached hydrogen (secondary N) is 2. The lowest BCUT2D eigenvalue weighted by atomic mass is 10.2. The Bertz CT molecular complexity index is 618. The van der Waals surface area contributed by atoms with Crippen molar-refractivity contribution in [2.24, 2.45) is 0 Å². The van der Waals surface area contributed by atoms with Crippen LogP contribution in [0.4, 0.5) is 9.59 Å². The number of amides is 5. The number of imide groups is 1. The zero-order valence-electron chi connectivity index (χ0n) is 12.4. The van der Waals surface area contributed by atoms with Crippen LogP contribution in [-0.4, -0.2) is 53.4 Å². The maximum Gasteiger partial charge on any atom is 0.324 e. The van der Waals surface area contributed by atoms with Crippen LogP contribution in [0.2, 0.25) is 5.02 Å². The largest absolute Gasteiger partial charge is 0.334 e. The van der Waals surface area contributed by atoms with Gasteiger partial charge < -0.3 is 15.5 Å². The summed E-state index contributed by atoms with van der Waals surface area (Å²) in [6.45, 7) is 1.33. The molecule has 7 nitrogen and oxygen atoms in total. The molecule has 0 spiro atoms. The van der Waals surface area contributed by atoms with E-state index < -0.39 is 0 Å². The van der Waals surface area contributed by atoms with Crippen LogP contribution in [0.1, 0.15) is 12.0 Å². The van der Waals surface area contributed by atoms with Gasteiger partial charge in [0.1, 0.15) is 0 Å². The molecule has 1 aromatic carbocycles. The second kappa shape index (κ2) is 6.45. The first-order valence-corrected chi connectivity index (χ1v) is 7.79. The van der Waals surface area contributed by atoms with Gasteiger partial charge in [-0.25, -0.2) is 9.59 Å². The van der Waals surface area contributed by atoms with Crippen LogP contribution in [0.5, 0.6) is 0 Å². The number of hydrogen-bond acceptors (Lipinski definition) is 3. The van der Waals surface area contributed by atoms with Crippen molar-refractivity contribution >= 4 is 29.6 Å². The molecule has 23 heavy (non-hydrogen) atoms. The highest BCUT2D eigenvalue weighted by Gasteiger charge is 2.39. The average molecular weight is 337 g/mol. The minimum Gasteiger partial charge on any atom is -0.334 e. The van der Waals surface area contributed by atoms with Gasteiger partial charge in [0.15, 0.2) is 0 Å². The van der Waals surface area contributed by atoms with E-state index in [1.54, 1.807) is 17.0 Å². The fourth-order valence-electron chi connectivity index (χ4n) is 2.83. The Morgan fingerprint density at radius 2 is 2.04 bits per heavy atom. The number of nitrogens with zero attached hydrogens (tertiary/aromatic N) is 2. The Kier molecular flexibility index (Phi) is 4.38.